The van der Waals surface area contributed by atoms with Crippen LogP contribution < -0.4 is 5.32 Å². The summed E-state index contributed by atoms with van der Waals surface area (Å²) in [5.41, 5.74) is 2.17. The second-order valence-electron chi connectivity index (χ2n) is 6.39. The van der Waals surface area contributed by atoms with Crippen molar-refractivity contribution in [2.75, 3.05) is 5.32 Å². The van der Waals surface area contributed by atoms with Crippen molar-refractivity contribution in [2.45, 2.75) is 18.7 Å². The van der Waals surface area contributed by atoms with Gasteiger partial charge in [0.15, 0.2) is 5.78 Å². The number of benzene rings is 2. The second kappa shape index (κ2) is 8.83. The molecule has 7 nitrogen and oxygen atoms in total. The number of aryl methyl sites for hydroxylation is 2. The number of nitrogens with one attached hydrogen (secondary N) is 1. The first-order chi connectivity index (χ1) is 14.2. The molecule has 9 heteroatoms. The Morgan fingerprint density at radius 3 is 2.20 bits per heavy atom. The first-order valence-corrected chi connectivity index (χ1v) is 10.3. The number of ketones is 1. The Balaban J connectivity index is 1.65. The molecular formula is C21H18FN4O3S-. The number of allylic oxidation sites excluding steroid dienone is 1. The van der Waals surface area contributed by atoms with Crippen molar-refractivity contribution in [3.8, 4) is 0 Å². The maximum absolute atomic E-state index is 12.9. The van der Waals surface area contributed by atoms with Crippen molar-refractivity contribution in [3.05, 3.63) is 94.4 Å². The fourth-order valence-corrected chi connectivity index (χ4v) is 3.44. The average Bonchev–Trinajstić information content (AvgIpc) is 2.67. The van der Waals surface area contributed by atoms with E-state index in [1.165, 1.54) is 60.8 Å². The molecule has 0 fully saturated rings. The van der Waals surface area contributed by atoms with Crippen LogP contribution in [0.25, 0.3) is 4.72 Å². The molecule has 3 aromatic rings. The lowest BCUT2D eigenvalue weighted by molar-refractivity contribution is 0.104. The van der Waals surface area contributed by atoms with Gasteiger partial charge in [-0.1, -0.05) is 6.07 Å². The molecule has 0 aliphatic rings. The van der Waals surface area contributed by atoms with E-state index in [1.807, 2.05) is 0 Å². The molecule has 0 bridgehead atoms. The Hall–Kier alpha value is -3.59. The van der Waals surface area contributed by atoms with Crippen molar-refractivity contribution in [3.63, 3.8) is 0 Å². The number of aromatic nitrogens is 2. The number of anilines is 1. The van der Waals surface area contributed by atoms with Crippen LogP contribution in [0.4, 0.5) is 16.0 Å². The fraction of sp³-hybridized carbons (Fsp3) is 0.0952. The second-order valence-corrected chi connectivity index (χ2v) is 7.99. The Kier molecular flexibility index (Phi) is 6.22. The largest absolute Gasteiger partial charge is 0.363 e. The van der Waals surface area contributed by atoms with Crippen LogP contribution >= 0.6 is 0 Å². The van der Waals surface area contributed by atoms with Crippen LogP contribution in [0, 0.1) is 19.7 Å². The number of rotatable bonds is 7. The Morgan fingerprint density at radius 2 is 1.60 bits per heavy atom. The van der Waals surface area contributed by atoms with E-state index in [9.17, 15) is 17.6 Å². The Labute approximate surface area is 173 Å². The molecule has 154 valence electrons. The summed E-state index contributed by atoms with van der Waals surface area (Å²) < 4.78 is 41.5. The fourth-order valence-electron chi connectivity index (χ4n) is 2.56. The van der Waals surface area contributed by atoms with Crippen LogP contribution in [0.3, 0.4) is 0 Å². The van der Waals surface area contributed by atoms with Crippen LogP contribution in [-0.4, -0.2) is 24.2 Å². The lowest BCUT2D eigenvalue weighted by Gasteiger charge is -2.15. The lowest BCUT2D eigenvalue weighted by atomic mass is 10.1. The topological polar surface area (TPSA) is 103 Å². The standard InChI is InChI=1S/C21H19FN4O3S/c1-14-13-15(2)25-21(24-14)26-30(28,29)19-9-7-18(8-10-19)23-12-11-20(27)16-3-5-17(22)6-4-16/h3-13H,1-2H3,(H2,23,24,25,26,27)/p-1. The molecule has 0 atom stereocenters. The average molecular weight is 425 g/mol. The van der Waals surface area contributed by atoms with E-state index in [1.54, 1.807) is 19.9 Å². The van der Waals surface area contributed by atoms with Gasteiger partial charge in [0, 0.05) is 29.5 Å². The zero-order chi connectivity index (χ0) is 21.7. The first-order valence-electron chi connectivity index (χ1n) is 8.86. The van der Waals surface area contributed by atoms with Crippen LogP contribution in [0.5, 0.6) is 0 Å². The molecule has 0 saturated carbocycles. The van der Waals surface area contributed by atoms with Gasteiger partial charge in [0.2, 0.25) is 10.0 Å². The number of carbonyl (C=O) groups is 1. The van der Waals surface area contributed by atoms with Gasteiger partial charge in [-0.05, 0) is 73.8 Å². The zero-order valence-electron chi connectivity index (χ0n) is 16.2. The monoisotopic (exact) mass is 425 g/mol. The van der Waals surface area contributed by atoms with Crippen LogP contribution in [0.15, 0.2) is 71.8 Å². The number of hydrogen-bond donors (Lipinski definition) is 1. The Morgan fingerprint density at radius 1 is 1.00 bits per heavy atom. The smallest absolute Gasteiger partial charge is 0.229 e. The molecule has 0 unspecified atom stereocenters. The summed E-state index contributed by atoms with van der Waals surface area (Å²) in [7, 11) is -3.97. The van der Waals surface area contributed by atoms with E-state index in [-0.39, 0.29) is 16.6 Å². The maximum Gasteiger partial charge on any atom is 0.229 e. The van der Waals surface area contributed by atoms with Crippen LogP contribution in [0.2, 0.25) is 0 Å². The first kappa shape index (κ1) is 21.1. The predicted molar refractivity (Wildman–Crippen MR) is 112 cm³/mol. The summed E-state index contributed by atoms with van der Waals surface area (Å²) in [6.45, 7) is 3.46. The highest BCUT2D eigenvalue weighted by molar-refractivity contribution is 7.94. The summed E-state index contributed by atoms with van der Waals surface area (Å²) in [5, 5.41) is 2.87. The van der Waals surface area contributed by atoms with E-state index < -0.39 is 15.8 Å². The van der Waals surface area contributed by atoms with Gasteiger partial charge in [0.05, 0.1) is 4.90 Å². The molecule has 1 N–H and O–H groups in total. The van der Waals surface area contributed by atoms with Gasteiger partial charge in [-0.15, -0.1) is 0 Å². The minimum atomic E-state index is -3.97. The number of halogens is 1. The van der Waals surface area contributed by atoms with Gasteiger partial charge < -0.3 is 15.3 Å². The molecular weight excluding hydrogens is 407 g/mol. The van der Waals surface area contributed by atoms with E-state index >= 15 is 0 Å². The maximum atomic E-state index is 12.9. The molecule has 1 heterocycles. The summed E-state index contributed by atoms with van der Waals surface area (Å²) in [6.07, 6.45) is 2.72. The molecule has 1 aromatic heterocycles. The zero-order valence-corrected chi connectivity index (χ0v) is 17.0. The van der Waals surface area contributed by atoms with Crippen LogP contribution in [-0.2, 0) is 10.0 Å². The molecule has 0 amide bonds. The van der Waals surface area contributed by atoms with E-state index in [0.29, 0.717) is 22.6 Å². The molecule has 0 aliphatic carbocycles. The number of carbonyl (C=O) groups excluding carboxylic acids is 1. The van der Waals surface area contributed by atoms with Gasteiger partial charge in [0.25, 0.3) is 0 Å². The van der Waals surface area contributed by atoms with Gasteiger partial charge in [-0.3, -0.25) is 9.52 Å². The highest BCUT2D eigenvalue weighted by Gasteiger charge is 2.12. The molecule has 0 spiro atoms. The highest BCUT2D eigenvalue weighted by Crippen LogP contribution is 2.25. The van der Waals surface area contributed by atoms with Crippen molar-refractivity contribution in [1.82, 2.24) is 9.97 Å². The normalized spacial score (nSPS) is 11.4. The molecule has 30 heavy (non-hydrogen) atoms. The molecule has 3 rings (SSSR count). The number of nitrogens with zero attached hydrogens (tertiary/aromatic N) is 3. The molecule has 0 aliphatic heterocycles. The minimum absolute atomic E-state index is 0.0119. The highest BCUT2D eigenvalue weighted by atomic mass is 32.2. The van der Waals surface area contributed by atoms with Crippen molar-refractivity contribution in [1.29, 1.82) is 0 Å². The summed E-state index contributed by atoms with van der Waals surface area (Å²) in [4.78, 5) is 20.0. The van der Waals surface area contributed by atoms with Gasteiger partial charge >= 0.3 is 0 Å². The van der Waals surface area contributed by atoms with Crippen molar-refractivity contribution >= 4 is 27.4 Å². The van der Waals surface area contributed by atoms with E-state index in [4.69, 9.17) is 0 Å². The van der Waals surface area contributed by atoms with Gasteiger partial charge in [-0.25, -0.2) is 12.8 Å². The van der Waals surface area contributed by atoms with E-state index in [0.717, 1.165) is 0 Å². The van der Waals surface area contributed by atoms with Gasteiger partial charge in [0.1, 0.15) is 5.82 Å². The third kappa shape index (κ3) is 5.48. The third-order valence-corrected chi connectivity index (χ3v) is 5.21. The summed E-state index contributed by atoms with van der Waals surface area (Å²) >= 11 is 0. The SMILES string of the molecule is Cc1cc(C)nc([N-]S(=O)(=O)c2ccc(N/C=C/C(=O)c3ccc(F)cc3)cc2)n1. The quantitative estimate of drug-likeness (QED) is 0.444. The van der Waals surface area contributed by atoms with Crippen molar-refractivity contribution in [2.24, 2.45) is 0 Å². The van der Waals surface area contributed by atoms with Crippen LogP contribution in [0.1, 0.15) is 21.7 Å². The molecule has 0 radical (unpaired) electrons. The summed E-state index contributed by atoms with van der Waals surface area (Å²) in [6, 6.07) is 12.8. The number of hydrogen-bond acceptors (Lipinski definition) is 6. The Bertz CT molecular complexity index is 1170. The molecule has 2 aromatic carbocycles. The van der Waals surface area contributed by atoms with Crippen molar-refractivity contribution < 1.29 is 17.6 Å². The summed E-state index contributed by atoms with van der Waals surface area (Å²) in [5.74, 6) is -0.828. The predicted octanol–water partition coefficient (Wildman–Crippen LogP) is 4.44. The van der Waals surface area contributed by atoms with Gasteiger partial charge in [-0.2, -0.15) is 0 Å². The third-order valence-electron chi connectivity index (χ3n) is 3.94. The molecule has 0 saturated heterocycles. The van der Waals surface area contributed by atoms with E-state index in [2.05, 4.69) is 20.0 Å². The minimum Gasteiger partial charge on any atom is -0.363 e. The lowest BCUT2D eigenvalue weighted by Crippen LogP contribution is -2.01. The number of sulfonamides is 1.